The minimum atomic E-state index is -0.696. The van der Waals surface area contributed by atoms with Gasteiger partial charge in [-0.25, -0.2) is 0 Å². The molecule has 0 spiro atoms. The van der Waals surface area contributed by atoms with Crippen LogP contribution in [0.1, 0.15) is 26.2 Å². The van der Waals surface area contributed by atoms with E-state index >= 15 is 0 Å². The summed E-state index contributed by atoms with van der Waals surface area (Å²) in [6, 6.07) is -0.320. The van der Waals surface area contributed by atoms with Crippen LogP contribution in [0.25, 0.3) is 0 Å². The largest absolute Gasteiger partial charge is 0.480 e. The second-order valence-corrected chi connectivity index (χ2v) is 4.95. The predicted octanol–water partition coefficient (Wildman–Crippen LogP) is 1.12. The first-order valence-corrected chi connectivity index (χ1v) is 6.16. The highest BCUT2D eigenvalue weighted by atomic mass is 16.4. The predicted molar refractivity (Wildman–Crippen MR) is 64.6 cm³/mol. The molecule has 94 valence electrons. The van der Waals surface area contributed by atoms with Crippen molar-refractivity contribution in [3.8, 4) is 0 Å². The van der Waals surface area contributed by atoms with E-state index in [-0.39, 0.29) is 6.04 Å². The Kier molecular flexibility index (Phi) is 5.22. The van der Waals surface area contributed by atoms with Crippen LogP contribution in [0.3, 0.4) is 0 Å². The SMILES string of the molecule is CCC(C(=O)O)N(C)CC1CCN(C)CC1. The lowest BCUT2D eigenvalue weighted by molar-refractivity contribution is -0.143. The van der Waals surface area contributed by atoms with Crippen molar-refractivity contribution in [2.75, 3.05) is 33.7 Å². The van der Waals surface area contributed by atoms with Crippen molar-refractivity contribution in [3.05, 3.63) is 0 Å². The van der Waals surface area contributed by atoms with E-state index in [4.69, 9.17) is 5.11 Å². The topological polar surface area (TPSA) is 43.8 Å². The van der Waals surface area contributed by atoms with Crippen LogP contribution in [-0.4, -0.2) is 60.6 Å². The molecule has 0 amide bonds. The van der Waals surface area contributed by atoms with E-state index in [1.807, 2.05) is 18.9 Å². The molecule has 0 aromatic rings. The summed E-state index contributed by atoms with van der Waals surface area (Å²) in [5.74, 6) is -0.0347. The van der Waals surface area contributed by atoms with Gasteiger partial charge in [0.15, 0.2) is 0 Å². The van der Waals surface area contributed by atoms with Gasteiger partial charge in [0.2, 0.25) is 0 Å². The Labute approximate surface area is 98.2 Å². The van der Waals surface area contributed by atoms with E-state index in [9.17, 15) is 4.79 Å². The Morgan fingerprint density at radius 1 is 1.50 bits per heavy atom. The lowest BCUT2D eigenvalue weighted by atomic mass is 9.96. The lowest BCUT2D eigenvalue weighted by Gasteiger charge is -2.33. The number of likely N-dealkylation sites (N-methyl/N-ethyl adjacent to an activating group) is 1. The van der Waals surface area contributed by atoms with Crippen molar-refractivity contribution in [3.63, 3.8) is 0 Å². The van der Waals surface area contributed by atoms with E-state index in [1.54, 1.807) is 0 Å². The summed E-state index contributed by atoms with van der Waals surface area (Å²) in [4.78, 5) is 15.4. The zero-order valence-corrected chi connectivity index (χ0v) is 10.6. The maximum absolute atomic E-state index is 11.0. The molecule has 1 atom stereocenters. The number of nitrogens with zero attached hydrogens (tertiary/aromatic N) is 2. The minimum absolute atomic E-state index is 0.320. The van der Waals surface area contributed by atoms with Crippen molar-refractivity contribution in [1.29, 1.82) is 0 Å². The maximum Gasteiger partial charge on any atom is 0.320 e. The number of aliphatic carboxylic acids is 1. The van der Waals surface area contributed by atoms with Crippen LogP contribution in [0.15, 0.2) is 0 Å². The summed E-state index contributed by atoms with van der Waals surface area (Å²) in [7, 11) is 4.08. The molecular weight excluding hydrogens is 204 g/mol. The monoisotopic (exact) mass is 228 g/mol. The number of carboxylic acids is 1. The zero-order chi connectivity index (χ0) is 12.1. The van der Waals surface area contributed by atoms with Crippen LogP contribution in [-0.2, 0) is 4.79 Å². The Bertz CT molecular complexity index is 225. The molecule has 1 aliphatic heterocycles. The van der Waals surface area contributed by atoms with Crippen molar-refractivity contribution in [2.24, 2.45) is 5.92 Å². The molecule has 1 unspecified atom stereocenters. The molecule has 0 aromatic carbocycles. The summed E-state index contributed by atoms with van der Waals surface area (Å²) in [5.41, 5.74) is 0. The molecule has 4 nitrogen and oxygen atoms in total. The molecule has 1 heterocycles. The fourth-order valence-corrected chi connectivity index (χ4v) is 2.45. The van der Waals surface area contributed by atoms with E-state index in [0.717, 1.165) is 19.6 Å². The fourth-order valence-electron chi connectivity index (χ4n) is 2.45. The van der Waals surface area contributed by atoms with Gasteiger partial charge < -0.3 is 10.0 Å². The Balaban J connectivity index is 2.38. The standard InChI is InChI=1S/C12H24N2O2/c1-4-11(12(15)16)14(3)9-10-5-7-13(2)8-6-10/h10-11H,4-9H2,1-3H3,(H,15,16). The third-order valence-electron chi connectivity index (χ3n) is 3.59. The molecule has 0 bridgehead atoms. The van der Waals surface area contributed by atoms with Gasteiger partial charge >= 0.3 is 5.97 Å². The molecule has 0 saturated carbocycles. The van der Waals surface area contributed by atoms with Gasteiger partial charge in [-0.05, 0) is 52.4 Å². The molecule has 1 saturated heterocycles. The molecule has 0 aliphatic carbocycles. The van der Waals surface area contributed by atoms with E-state index < -0.39 is 5.97 Å². The van der Waals surface area contributed by atoms with Crippen LogP contribution in [0, 0.1) is 5.92 Å². The number of piperidine rings is 1. The first kappa shape index (κ1) is 13.5. The van der Waals surface area contributed by atoms with Gasteiger partial charge in [-0.2, -0.15) is 0 Å². The number of rotatable bonds is 5. The Hall–Kier alpha value is -0.610. The Morgan fingerprint density at radius 2 is 2.06 bits per heavy atom. The highest BCUT2D eigenvalue weighted by Crippen LogP contribution is 2.18. The second kappa shape index (κ2) is 6.21. The fraction of sp³-hybridized carbons (Fsp3) is 0.917. The van der Waals surface area contributed by atoms with Crippen LogP contribution >= 0.6 is 0 Å². The quantitative estimate of drug-likeness (QED) is 0.766. The third kappa shape index (κ3) is 3.76. The summed E-state index contributed by atoms with van der Waals surface area (Å²) >= 11 is 0. The van der Waals surface area contributed by atoms with E-state index in [2.05, 4.69) is 11.9 Å². The van der Waals surface area contributed by atoms with Crippen LogP contribution in [0.5, 0.6) is 0 Å². The van der Waals surface area contributed by atoms with Gasteiger partial charge in [-0.3, -0.25) is 9.69 Å². The molecule has 1 fully saturated rings. The molecule has 1 rings (SSSR count). The summed E-state index contributed by atoms with van der Waals surface area (Å²) in [6.45, 7) is 5.13. The first-order valence-electron chi connectivity index (χ1n) is 6.16. The zero-order valence-electron chi connectivity index (χ0n) is 10.6. The van der Waals surface area contributed by atoms with Gasteiger partial charge in [-0.1, -0.05) is 6.92 Å². The average molecular weight is 228 g/mol. The highest BCUT2D eigenvalue weighted by Gasteiger charge is 2.24. The van der Waals surface area contributed by atoms with Gasteiger partial charge in [0.1, 0.15) is 6.04 Å². The molecule has 1 aliphatic rings. The average Bonchev–Trinajstić information content (AvgIpc) is 2.22. The number of hydrogen-bond acceptors (Lipinski definition) is 3. The van der Waals surface area contributed by atoms with Gasteiger partial charge in [0.05, 0.1) is 0 Å². The normalized spacial score (nSPS) is 21.2. The number of carboxylic acid groups (broad SMARTS) is 1. The lowest BCUT2D eigenvalue weighted by Crippen LogP contribution is -2.43. The summed E-state index contributed by atoms with van der Waals surface area (Å²) < 4.78 is 0. The van der Waals surface area contributed by atoms with Crippen LogP contribution < -0.4 is 0 Å². The molecule has 16 heavy (non-hydrogen) atoms. The minimum Gasteiger partial charge on any atom is -0.480 e. The summed E-state index contributed by atoms with van der Waals surface area (Å²) in [5, 5.41) is 9.07. The van der Waals surface area contributed by atoms with Crippen LogP contribution in [0.2, 0.25) is 0 Å². The molecule has 1 N–H and O–H groups in total. The van der Waals surface area contributed by atoms with Crippen molar-refractivity contribution in [1.82, 2.24) is 9.80 Å². The third-order valence-corrected chi connectivity index (χ3v) is 3.59. The van der Waals surface area contributed by atoms with Gasteiger partial charge in [0.25, 0.3) is 0 Å². The van der Waals surface area contributed by atoms with Crippen molar-refractivity contribution >= 4 is 5.97 Å². The molecule has 0 radical (unpaired) electrons. The molecular formula is C12H24N2O2. The first-order chi connectivity index (χ1) is 7.54. The van der Waals surface area contributed by atoms with Crippen LogP contribution in [0.4, 0.5) is 0 Å². The smallest absolute Gasteiger partial charge is 0.320 e. The Morgan fingerprint density at radius 3 is 2.50 bits per heavy atom. The number of hydrogen-bond donors (Lipinski definition) is 1. The number of likely N-dealkylation sites (tertiary alicyclic amines) is 1. The maximum atomic E-state index is 11.0. The number of carbonyl (C=O) groups is 1. The van der Waals surface area contributed by atoms with Gasteiger partial charge in [0, 0.05) is 6.54 Å². The summed E-state index contributed by atoms with van der Waals surface area (Å²) in [6.07, 6.45) is 3.06. The molecule has 0 aromatic heterocycles. The van der Waals surface area contributed by atoms with Gasteiger partial charge in [-0.15, -0.1) is 0 Å². The highest BCUT2D eigenvalue weighted by molar-refractivity contribution is 5.73. The van der Waals surface area contributed by atoms with E-state index in [0.29, 0.717) is 12.3 Å². The van der Waals surface area contributed by atoms with E-state index in [1.165, 1.54) is 12.8 Å². The second-order valence-electron chi connectivity index (χ2n) is 4.95. The molecule has 4 heteroatoms. The van der Waals surface area contributed by atoms with Crippen molar-refractivity contribution < 1.29 is 9.90 Å². The van der Waals surface area contributed by atoms with Crippen molar-refractivity contribution in [2.45, 2.75) is 32.2 Å².